The summed E-state index contributed by atoms with van der Waals surface area (Å²) in [7, 11) is 0. The summed E-state index contributed by atoms with van der Waals surface area (Å²) in [5.41, 5.74) is 0. The molecule has 0 aromatic carbocycles. The molecule has 1 atom stereocenters. The Hall–Kier alpha value is -0.0800. The van der Waals surface area contributed by atoms with Gasteiger partial charge in [0.1, 0.15) is 0 Å². The Bertz CT molecular complexity index is 81.6. The molecule has 2 nitrogen and oxygen atoms in total. The van der Waals surface area contributed by atoms with Gasteiger partial charge in [0.05, 0.1) is 6.17 Å². The van der Waals surface area contributed by atoms with Crippen LogP contribution in [0.25, 0.3) is 0 Å². The van der Waals surface area contributed by atoms with E-state index in [2.05, 4.69) is 38.3 Å². The Balaban J connectivity index is 3.15. The van der Waals surface area contributed by atoms with Crippen LogP contribution < -0.4 is 10.6 Å². The molecule has 0 amide bonds. The van der Waals surface area contributed by atoms with E-state index in [0.717, 1.165) is 6.54 Å². The van der Waals surface area contributed by atoms with Gasteiger partial charge in [-0.1, -0.05) is 13.3 Å². The third-order valence-corrected chi connectivity index (χ3v) is 1.56. The van der Waals surface area contributed by atoms with E-state index in [1.54, 1.807) is 0 Å². The van der Waals surface area contributed by atoms with Crippen LogP contribution in [0.2, 0.25) is 0 Å². The fraction of sp³-hybridized carbons (Fsp3) is 1.00. The van der Waals surface area contributed by atoms with Crippen molar-refractivity contribution in [3.63, 3.8) is 0 Å². The van der Waals surface area contributed by atoms with Gasteiger partial charge in [-0.05, 0) is 33.7 Å². The van der Waals surface area contributed by atoms with Gasteiger partial charge >= 0.3 is 0 Å². The van der Waals surface area contributed by atoms with Crippen LogP contribution in [-0.4, -0.2) is 18.8 Å². The molecule has 11 heavy (non-hydrogen) atoms. The van der Waals surface area contributed by atoms with Crippen LogP contribution in [0.1, 0.15) is 40.5 Å². The summed E-state index contributed by atoms with van der Waals surface area (Å²) in [5.74, 6) is 0. The molecule has 0 aliphatic heterocycles. The molecule has 0 fully saturated rings. The van der Waals surface area contributed by atoms with Crippen LogP contribution in [0.3, 0.4) is 0 Å². The van der Waals surface area contributed by atoms with Crippen molar-refractivity contribution >= 4 is 0 Å². The number of unbranched alkanes of at least 4 members (excludes halogenated alkanes) is 1. The minimum Gasteiger partial charge on any atom is -0.302 e. The lowest BCUT2D eigenvalue weighted by Crippen LogP contribution is -2.43. The monoisotopic (exact) mass is 158 g/mol. The third-order valence-electron chi connectivity index (χ3n) is 1.56. The first-order valence-corrected chi connectivity index (χ1v) is 4.66. The van der Waals surface area contributed by atoms with E-state index in [4.69, 9.17) is 0 Å². The average Bonchev–Trinajstić information content (AvgIpc) is 1.86. The molecule has 1 unspecified atom stereocenters. The van der Waals surface area contributed by atoms with Crippen LogP contribution in [0, 0.1) is 0 Å². The van der Waals surface area contributed by atoms with E-state index in [1.165, 1.54) is 12.8 Å². The highest BCUT2D eigenvalue weighted by molar-refractivity contribution is 4.60. The highest BCUT2D eigenvalue weighted by atomic mass is 15.1. The second kappa shape index (κ2) is 6.62. The molecule has 0 heterocycles. The normalized spacial score (nSPS) is 13.9. The zero-order valence-electron chi connectivity index (χ0n) is 8.28. The van der Waals surface area contributed by atoms with Gasteiger partial charge in [-0.2, -0.15) is 0 Å². The highest BCUT2D eigenvalue weighted by Crippen LogP contribution is 1.85. The Morgan fingerprint density at radius 3 is 2.27 bits per heavy atom. The number of rotatable bonds is 6. The molecule has 0 saturated carbocycles. The minimum absolute atomic E-state index is 0.446. The molecule has 0 saturated heterocycles. The molecular formula is C9H22N2. The molecule has 68 valence electrons. The number of hydrogen-bond acceptors (Lipinski definition) is 2. The van der Waals surface area contributed by atoms with Crippen molar-refractivity contribution < 1.29 is 0 Å². The Kier molecular flexibility index (Phi) is 6.57. The lowest BCUT2D eigenvalue weighted by Gasteiger charge is -2.17. The number of hydrogen-bond donors (Lipinski definition) is 2. The first kappa shape index (κ1) is 10.9. The number of nitrogens with one attached hydrogen (secondary N) is 2. The lowest BCUT2D eigenvalue weighted by atomic mass is 10.3. The molecule has 0 aliphatic carbocycles. The summed E-state index contributed by atoms with van der Waals surface area (Å²) < 4.78 is 0. The van der Waals surface area contributed by atoms with E-state index >= 15 is 0 Å². The highest BCUT2D eigenvalue weighted by Gasteiger charge is 1.99. The van der Waals surface area contributed by atoms with Crippen molar-refractivity contribution in [3.05, 3.63) is 0 Å². The maximum absolute atomic E-state index is 3.40. The zero-order chi connectivity index (χ0) is 8.69. The van der Waals surface area contributed by atoms with Gasteiger partial charge in [-0.25, -0.2) is 0 Å². The Labute approximate surface area is 70.8 Å². The summed E-state index contributed by atoms with van der Waals surface area (Å²) in [6.07, 6.45) is 2.98. The fourth-order valence-electron chi connectivity index (χ4n) is 1.05. The van der Waals surface area contributed by atoms with Gasteiger partial charge in [0.25, 0.3) is 0 Å². The molecule has 0 aromatic rings. The largest absolute Gasteiger partial charge is 0.302 e. The summed E-state index contributed by atoms with van der Waals surface area (Å²) in [5, 5.41) is 6.79. The van der Waals surface area contributed by atoms with Crippen molar-refractivity contribution in [1.29, 1.82) is 0 Å². The lowest BCUT2D eigenvalue weighted by molar-refractivity contribution is 0.414. The summed E-state index contributed by atoms with van der Waals surface area (Å²) >= 11 is 0. The predicted molar refractivity (Wildman–Crippen MR) is 50.6 cm³/mol. The van der Waals surface area contributed by atoms with Crippen molar-refractivity contribution in [2.45, 2.75) is 52.7 Å². The van der Waals surface area contributed by atoms with E-state index in [9.17, 15) is 0 Å². The van der Waals surface area contributed by atoms with Crippen LogP contribution in [0.15, 0.2) is 0 Å². The van der Waals surface area contributed by atoms with Gasteiger partial charge in [-0.3, -0.25) is 5.32 Å². The quantitative estimate of drug-likeness (QED) is 0.454. The van der Waals surface area contributed by atoms with Crippen LogP contribution >= 0.6 is 0 Å². The molecule has 0 spiro atoms. The predicted octanol–water partition coefficient (Wildman–Crippen LogP) is 1.72. The van der Waals surface area contributed by atoms with Crippen molar-refractivity contribution in [1.82, 2.24) is 10.6 Å². The molecule has 0 aromatic heterocycles. The maximum Gasteiger partial charge on any atom is 0.0544 e. The van der Waals surface area contributed by atoms with Gasteiger partial charge in [0, 0.05) is 6.04 Å². The second-order valence-electron chi connectivity index (χ2n) is 3.35. The molecular weight excluding hydrogens is 136 g/mol. The van der Waals surface area contributed by atoms with E-state index in [1.807, 2.05) is 0 Å². The van der Waals surface area contributed by atoms with Gasteiger partial charge < -0.3 is 5.32 Å². The van der Waals surface area contributed by atoms with Crippen LogP contribution in [0.5, 0.6) is 0 Å². The molecule has 2 heteroatoms. The minimum atomic E-state index is 0.446. The van der Waals surface area contributed by atoms with E-state index < -0.39 is 0 Å². The van der Waals surface area contributed by atoms with Crippen LogP contribution in [-0.2, 0) is 0 Å². The standard InChI is InChI=1S/C9H22N2/c1-5-6-7-10-9(4)11-8(2)3/h8-11H,5-7H2,1-4H3. The van der Waals surface area contributed by atoms with E-state index in [-0.39, 0.29) is 0 Å². The maximum atomic E-state index is 3.40. The molecule has 0 radical (unpaired) electrons. The average molecular weight is 158 g/mol. The SMILES string of the molecule is CCCCNC(C)NC(C)C. The van der Waals surface area contributed by atoms with Crippen LogP contribution in [0.4, 0.5) is 0 Å². The molecule has 0 aliphatic rings. The van der Waals surface area contributed by atoms with Crippen molar-refractivity contribution in [3.8, 4) is 0 Å². The molecule has 0 rings (SSSR count). The van der Waals surface area contributed by atoms with Gasteiger partial charge in [-0.15, -0.1) is 0 Å². The van der Waals surface area contributed by atoms with E-state index in [0.29, 0.717) is 12.2 Å². The first-order valence-electron chi connectivity index (χ1n) is 4.66. The third kappa shape index (κ3) is 7.82. The fourth-order valence-corrected chi connectivity index (χ4v) is 1.05. The Morgan fingerprint density at radius 1 is 1.18 bits per heavy atom. The van der Waals surface area contributed by atoms with Gasteiger partial charge in [0.15, 0.2) is 0 Å². The smallest absolute Gasteiger partial charge is 0.0544 e. The summed E-state index contributed by atoms with van der Waals surface area (Å²) in [6.45, 7) is 9.82. The van der Waals surface area contributed by atoms with Crippen molar-refractivity contribution in [2.24, 2.45) is 0 Å². The summed E-state index contributed by atoms with van der Waals surface area (Å²) in [4.78, 5) is 0. The van der Waals surface area contributed by atoms with Gasteiger partial charge in [0.2, 0.25) is 0 Å². The zero-order valence-corrected chi connectivity index (χ0v) is 8.28. The molecule has 0 bridgehead atoms. The first-order chi connectivity index (χ1) is 5.16. The topological polar surface area (TPSA) is 24.1 Å². The Morgan fingerprint density at radius 2 is 1.82 bits per heavy atom. The second-order valence-corrected chi connectivity index (χ2v) is 3.35. The summed E-state index contributed by atoms with van der Waals surface area (Å²) in [6, 6.07) is 0.569. The molecule has 2 N–H and O–H groups in total. The van der Waals surface area contributed by atoms with Crippen molar-refractivity contribution in [2.75, 3.05) is 6.54 Å².